The number of morpholine rings is 1. The predicted molar refractivity (Wildman–Crippen MR) is 107 cm³/mol. The number of non-ortho nitro benzene ring substituents is 1. The van der Waals surface area contributed by atoms with Crippen LogP contribution in [-0.4, -0.2) is 62.6 Å². The molecule has 11 heteroatoms. The molecule has 1 heterocycles. The van der Waals surface area contributed by atoms with E-state index in [0.29, 0.717) is 26.3 Å². The summed E-state index contributed by atoms with van der Waals surface area (Å²) in [7, 11) is -3.78. The van der Waals surface area contributed by atoms with Crippen molar-refractivity contribution in [1.82, 2.24) is 4.90 Å². The molecule has 0 unspecified atom stereocenters. The van der Waals surface area contributed by atoms with E-state index < -0.39 is 26.4 Å². The zero-order valence-electron chi connectivity index (χ0n) is 16.0. The van der Waals surface area contributed by atoms with Gasteiger partial charge in [-0.15, -0.1) is 0 Å². The molecule has 158 valence electrons. The fraction of sp³-hybridized carbons (Fsp3) is 0.263. The van der Waals surface area contributed by atoms with E-state index >= 15 is 0 Å². The van der Waals surface area contributed by atoms with Crippen LogP contribution in [0.1, 0.15) is 20.7 Å². The highest BCUT2D eigenvalue weighted by atomic mass is 32.2. The van der Waals surface area contributed by atoms with Crippen molar-refractivity contribution >= 4 is 33.0 Å². The largest absolute Gasteiger partial charge is 0.378 e. The number of nitro benzene ring substituents is 1. The Morgan fingerprint density at radius 3 is 2.43 bits per heavy atom. The van der Waals surface area contributed by atoms with Crippen molar-refractivity contribution in [2.45, 2.75) is 4.90 Å². The van der Waals surface area contributed by atoms with Crippen LogP contribution < -0.4 is 5.32 Å². The fourth-order valence-electron chi connectivity index (χ4n) is 2.94. The number of anilines is 1. The van der Waals surface area contributed by atoms with Crippen LogP contribution in [0.3, 0.4) is 0 Å². The quantitative estimate of drug-likeness (QED) is 0.560. The van der Waals surface area contributed by atoms with Gasteiger partial charge in [0.1, 0.15) is 0 Å². The number of nitrogens with zero attached hydrogens (tertiary/aromatic N) is 2. The number of nitrogens with one attached hydrogen (secondary N) is 1. The highest BCUT2D eigenvalue weighted by molar-refractivity contribution is 7.90. The maximum atomic E-state index is 12.8. The first kappa shape index (κ1) is 21.4. The molecule has 0 radical (unpaired) electrons. The molecule has 0 saturated carbocycles. The van der Waals surface area contributed by atoms with Crippen molar-refractivity contribution in [3.63, 3.8) is 0 Å². The molecule has 0 bridgehead atoms. The van der Waals surface area contributed by atoms with Gasteiger partial charge in [0.25, 0.3) is 17.5 Å². The van der Waals surface area contributed by atoms with E-state index in [2.05, 4.69) is 5.32 Å². The Morgan fingerprint density at radius 1 is 1.13 bits per heavy atom. The molecular formula is C19H19N3O7S. The number of amides is 2. The number of sulfone groups is 1. The molecule has 0 spiro atoms. The number of hydrogen-bond acceptors (Lipinski definition) is 7. The summed E-state index contributed by atoms with van der Waals surface area (Å²) in [5.41, 5.74) is -0.271. The van der Waals surface area contributed by atoms with Crippen molar-refractivity contribution in [1.29, 1.82) is 0 Å². The number of nitro groups is 1. The second-order valence-corrected chi connectivity index (χ2v) is 8.66. The van der Waals surface area contributed by atoms with Gasteiger partial charge in [-0.05, 0) is 18.2 Å². The van der Waals surface area contributed by atoms with Gasteiger partial charge < -0.3 is 15.0 Å². The Kier molecular flexibility index (Phi) is 6.13. The fourth-order valence-corrected chi connectivity index (χ4v) is 3.62. The van der Waals surface area contributed by atoms with Crippen LogP contribution in [0.15, 0.2) is 47.4 Å². The molecule has 10 nitrogen and oxygen atoms in total. The first-order valence-corrected chi connectivity index (χ1v) is 10.8. The molecule has 30 heavy (non-hydrogen) atoms. The van der Waals surface area contributed by atoms with Gasteiger partial charge in [-0.2, -0.15) is 0 Å². The number of carbonyl (C=O) groups is 2. The average molecular weight is 433 g/mol. The van der Waals surface area contributed by atoms with Crippen LogP contribution >= 0.6 is 0 Å². The summed E-state index contributed by atoms with van der Waals surface area (Å²) < 4.78 is 28.9. The Morgan fingerprint density at radius 2 is 1.80 bits per heavy atom. The molecular weight excluding hydrogens is 414 g/mol. The standard InChI is InChI=1S/C19H19N3O7S/c1-30(27,28)15-11-13(10-14(12-15)22(25)26)18(23)20-17-5-3-2-4-16(17)19(24)21-6-8-29-9-7-21/h2-5,10-12H,6-9H2,1H3,(H,20,23). The summed E-state index contributed by atoms with van der Waals surface area (Å²) in [5, 5.41) is 13.7. The van der Waals surface area contributed by atoms with Crippen molar-refractivity contribution in [3.05, 3.63) is 63.7 Å². The van der Waals surface area contributed by atoms with E-state index in [9.17, 15) is 28.1 Å². The van der Waals surface area contributed by atoms with Crippen molar-refractivity contribution < 1.29 is 27.7 Å². The Hall–Kier alpha value is -3.31. The zero-order chi connectivity index (χ0) is 21.9. The average Bonchev–Trinajstić information content (AvgIpc) is 2.73. The summed E-state index contributed by atoms with van der Waals surface area (Å²) in [4.78, 5) is 37.2. The van der Waals surface area contributed by atoms with Crippen LogP contribution in [0.5, 0.6) is 0 Å². The molecule has 1 N–H and O–H groups in total. The monoisotopic (exact) mass is 433 g/mol. The van der Waals surface area contributed by atoms with Gasteiger partial charge in [0.05, 0.1) is 34.3 Å². The SMILES string of the molecule is CS(=O)(=O)c1cc(C(=O)Nc2ccccc2C(=O)N2CCOCC2)cc([N+](=O)[O-])c1. The molecule has 2 amide bonds. The number of ether oxygens (including phenoxy) is 1. The second-order valence-electron chi connectivity index (χ2n) is 6.65. The third kappa shape index (κ3) is 4.81. The molecule has 2 aromatic rings. The van der Waals surface area contributed by atoms with Crippen LogP contribution in [-0.2, 0) is 14.6 Å². The van der Waals surface area contributed by atoms with Gasteiger partial charge in [-0.3, -0.25) is 19.7 Å². The summed E-state index contributed by atoms with van der Waals surface area (Å²) >= 11 is 0. The van der Waals surface area contributed by atoms with Crippen LogP contribution in [0, 0.1) is 10.1 Å². The molecule has 1 aliphatic heterocycles. The summed E-state index contributed by atoms with van der Waals surface area (Å²) in [6, 6.07) is 9.30. The number of para-hydroxylation sites is 1. The Balaban J connectivity index is 1.92. The Labute approximate surface area is 172 Å². The first-order valence-electron chi connectivity index (χ1n) is 8.94. The number of benzene rings is 2. The third-order valence-electron chi connectivity index (χ3n) is 4.50. The summed E-state index contributed by atoms with van der Waals surface area (Å²) in [6.07, 6.45) is 0.893. The number of hydrogen-bond donors (Lipinski definition) is 1. The maximum absolute atomic E-state index is 12.8. The van der Waals surface area contributed by atoms with E-state index in [1.165, 1.54) is 6.07 Å². The van der Waals surface area contributed by atoms with Crippen LogP contribution in [0.2, 0.25) is 0 Å². The normalized spacial score (nSPS) is 14.2. The minimum atomic E-state index is -3.78. The van der Waals surface area contributed by atoms with Gasteiger partial charge in [-0.25, -0.2) is 8.42 Å². The lowest BCUT2D eigenvalue weighted by Gasteiger charge is -2.27. The van der Waals surface area contributed by atoms with Crippen LogP contribution in [0.4, 0.5) is 11.4 Å². The first-order chi connectivity index (χ1) is 14.2. The summed E-state index contributed by atoms with van der Waals surface area (Å²) in [5.74, 6) is -1.06. The molecule has 0 atom stereocenters. The van der Waals surface area contributed by atoms with Gasteiger partial charge in [-0.1, -0.05) is 12.1 Å². The highest BCUT2D eigenvalue weighted by Crippen LogP contribution is 2.23. The van der Waals surface area contributed by atoms with E-state index in [4.69, 9.17) is 4.74 Å². The third-order valence-corrected chi connectivity index (χ3v) is 5.59. The minimum absolute atomic E-state index is 0.210. The van der Waals surface area contributed by atoms with Crippen molar-refractivity contribution in [2.24, 2.45) is 0 Å². The molecule has 1 aliphatic rings. The molecule has 0 aromatic heterocycles. The number of rotatable bonds is 5. The molecule has 1 fully saturated rings. The van der Waals surface area contributed by atoms with E-state index in [1.54, 1.807) is 23.1 Å². The van der Waals surface area contributed by atoms with E-state index in [-0.39, 0.29) is 27.6 Å². The van der Waals surface area contributed by atoms with Gasteiger partial charge in [0, 0.05) is 37.0 Å². The highest BCUT2D eigenvalue weighted by Gasteiger charge is 2.23. The smallest absolute Gasteiger partial charge is 0.271 e. The number of carbonyl (C=O) groups excluding carboxylic acids is 2. The van der Waals surface area contributed by atoms with Crippen molar-refractivity contribution in [3.8, 4) is 0 Å². The lowest BCUT2D eigenvalue weighted by Crippen LogP contribution is -2.41. The molecule has 2 aromatic carbocycles. The Bertz CT molecular complexity index is 1110. The predicted octanol–water partition coefficient (Wildman–Crippen LogP) is 1.72. The molecule has 1 saturated heterocycles. The minimum Gasteiger partial charge on any atom is -0.378 e. The molecule has 0 aliphatic carbocycles. The van der Waals surface area contributed by atoms with E-state index in [1.807, 2.05) is 0 Å². The van der Waals surface area contributed by atoms with E-state index in [0.717, 1.165) is 24.5 Å². The topological polar surface area (TPSA) is 136 Å². The van der Waals surface area contributed by atoms with Crippen molar-refractivity contribution in [2.75, 3.05) is 37.9 Å². The van der Waals surface area contributed by atoms with Gasteiger partial charge in [0.2, 0.25) is 0 Å². The lowest BCUT2D eigenvalue weighted by atomic mass is 10.1. The van der Waals surface area contributed by atoms with Crippen LogP contribution in [0.25, 0.3) is 0 Å². The summed E-state index contributed by atoms with van der Waals surface area (Å²) in [6.45, 7) is 1.68. The maximum Gasteiger partial charge on any atom is 0.271 e. The second kappa shape index (κ2) is 8.59. The van der Waals surface area contributed by atoms with Gasteiger partial charge in [0.15, 0.2) is 9.84 Å². The zero-order valence-corrected chi connectivity index (χ0v) is 16.8. The lowest BCUT2D eigenvalue weighted by molar-refractivity contribution is -0.385. The van der Waals surface area contributed by atoms with Gasteiger partial charge >= 0.3 is 0 Å². The molecule has 3 rings (SSSR count).